The van der Waals surface area contributed by atoms with E-state index in [4.69, 9.17) is 5.73 Å². The number of rotatable bonds is 3. The van der Waals surface area contributed by atoms with Crippen LogP contribution in [-0.4, -0.2) is 32.2 Å². The number of anilines is 2. The Morgan fingerprint density at radius 2 is 2.00 bits per heavy atom. The number of hydrogen-bond donors (Lipinski definition) is 2. The predicted molar refractivity (Wildman–Crippen MR) is 77.9 cm³/mol. The zero-order valence-electron chi connectivity index (χ0n) is 10.3. The fraction of sp³-hybridized carbons (Fsp3) is 0.500. The molecule has 18 heavy (non-hydrogen) atoms. The second kappa shape index (κ2) is 5.40. The van der Waals surface area contributed by atoms with E-state index in [0.29, 0.717) is 11.7 Å². The van der Waals surface area contributed by atoms with Gasteiger partial charge in [0.2, 0.25) is 0 Å². The summed E-state index contributed by atoms with van der Waals surface area (Å²) in [6, 6.07) is 5.51. The van der Waals surface area contributed by atoms with E-state index in [-0.39, 0.29) is 4.90 Å². The monoisotopic (exact) mass is 286 g/mol. The molecule has 0 amide bonds. The topological polar surface area (TPSA) is 72.2 Å². The third kappa shape index (κ3) is 3.11. The summed E-state index contributed by atoms with van der Waals surface area (Å²) < 4.78 is 23.2. The largest absolute Gasteiger partial charge is 0.396 e. The van der Waals surface area contributed by atoms with Crippen molar-refractivity contribution in [3.63, 3.8) is 0 Å². The average Bonchev–Trinajstić information content (AvgIpc) is 2.32. The fourth-order valence-corrected chi connectivity index (χ4v) is 4.00. The van der Waals surface area contributed by atoms with Gasteiger partial charge in [-0.1, -0.05) is 6.07 Å². The van der Waals surface area contributed by atoms with Crippen LogP contribution >= 0.6 is 11.8 Å². The highest BCUT2D eigenvalue weighted by Gasteiger charge is 2.18. The van der Waals surface area contributed by atoms with E-state index in [9.17, 15) is 8.42 Å². The number of hydrogen-bond acceptors (Lipinski definition) is 5. The summed E-state index contributed by atoms with van der Waals surface area (Å²) in [5.41, 5.74) is 7.00. The first-order valence-corrected chi connectivity index (χ1v) is 8.96. The molecule has 1 aliphatic rings. The summed E-state index contributed by atoms with van der Waals surface area (Å²) in [6.45, 7) is 0. The van der Waals surface area contributed by atoms with Crippen LogP contribution in [0.2, 0.25) is 0 Å². The van der Waals surface area contributed by atoms with Gasteiger partial charge < -0.3 is 11.1 Å². The molecule has 3 N–H and O–H groups in total. The minimum atomic E-state index is -3.27. The number of benzene rings is 1. The third-order valence-electron chi connectivity index (χ3n) is 3.05. The molecule has 1 saturated heterocycles. The van der Waals surface area contributed by atoms with Gasteiger partial charge >= 0.3 is 0 Å². The molecule has 0 radical (unpaired) electrons. The number of thioether (sulfide) groups is 1. The molecular weight excluding hydrogens is 268 g/mol. The Hall–Kier alpha value is -0.880. The maximum atomic E-state index is 11.6. The molecule has 1 fully saturated rings. The molecular formula is C12H18N2O2S2. The van der Waals surface area contributed by atoms with Crippen molar-refractivity contribution in [2.75, 3.05) is 28.8 Å². The number of nitrogen functional groups attached to an aromatic ring is 1. The van der Waals surface area contributed by atoms with Crippen molar-refractivity contribution in [3.8, 4) is 0 Å². The minimum Gasteiger partial charge on any atom is -0.396 e. The van der Waals surface area contributed by atoms with Crippen LogP contribution in [0.5, 0.6) is 0 Å². The first-order valence-electron chi connectivity index (χ1n) is 5.91. The molecule has 100 valence electrons. The number of sulfone groups is 1. The molecule has 0 unspecified atom stereocenters. The molecule has 1 aromatic rings. The lowest BCUT2D eigenvalue weighted by molar-refractivity contribution is 0.602. The Balaban J connectivity index is 2.23. The Labute approximate surface area is 112 Å². The smallest absolute Gasteiger partial charge is 0.177 e. The quantitative estimate of drug-likeness (QED) is 0.831. The number of para-hydroxylation sites is 1. The molecule has 1 aromatic carbocycles. The van der Waals surface area contributed by atoms with Gasteiger partial charge in [-0.15, -0.1) is 0 Å². The summed E-state index contributed by atoms with van der Waals surface area (Å²) in [4.78, 5) is 0.206. The summed E-state index contributed by atoms with van der Waals surface area (Å²) in [6.07, 6.45) is 3.36. The molecule has 0 atom stereocenters. The Morgan fingerprint density at radius 1 is 1.33 bits per heavy atom. The van der Waals surface area contributed by atoms with Crippen molar-refractivity contribution in [1.29, 1.82) is 0 Å². The summed E-state index contributed by atoms with van der Waals surface area (Å²) >= 11 is 1.95. The fourth-order valence-electron chi connectivity index (χ4n) is 2.06. The zero-order valence-corrected chi connectivity index (χ0v) is 12.0. The second-order valence-corrected chi connectivity index (χ2v) is 7.73. The van der Waals surface area contributed by atoms with E-state index in [1.807, 2.05) is 17.8 Å². The molecule has 1 aliphatic heterocycles. The van der Waals surface area contributed by atoms with Crippen LogP contribution < -0.4 is 11.1 Å². The molecule has 1 heterocycles. The van der Waals surface area contributed by atoms with Crippen molar-refractivity contribution in [1.82, 2.24) is 0 Å². The second-order valence-electron chi connectivity index (χ2n) is 4.52. The Morgan fingerprint density at radius 3 is 2.61 bits per heavy atom. The van der Waals surface area contributed by atoms with Crippen LogP contribution in [0.15, 0.2) is 23.1 Å². The van der Waals surface area contributed by atoms with Crippen LogP contribution in [-0.2, 0) is 9.84 Å². The maximum absolute atomic E-state index is 11.6. The lowest BCUT2D eigenvalue weighted by Gasteiger charge is -2.24. The summed E-state index contributed by atoms with van der Waals surface area (Å²) in [7, 11) is -3.27. The normalized spacial score (nSPS) is 17.6. The lowest BCUT2D eigenvalue weighted by atomic mass is 10.1. The van der Waals surface area contributed by atoms with Gasteiger partial charge in [0, 0.05) is 12.3 Å². The third-order valence-corrected chi connectivity index (χ3v) is 5.25. The SMILES string of the molecule is CS(=O)(=O)c1cccc(NC2CCSCC2)c1N. The molecule has 0 spiro atoms. The molecule has 0 saturated carbocycles. The molecule has 0 aromatic heterocycles. The van der Waals surface area contributed by atoms with Crippen LogP contribution in [0.4, 0.5) is 11.4 Å². The molecule has 0 aliphatic carbocycles. The highest BCUT2D eigenvalue weighted by molar-refractivity contribution is 7.99. The summed E-state index contributed by atoms with van der Waals surface area (Å²) in [5, 5.41) is 3.36. The molecule has 4 nitrogen and oxygen atoms in total. The van der Waals surface area contributed by atoms with E-state index in [2.05, 4.69) is 5.32 Å². The number of nitrogens with one attached hydrogen (secondary N) is 1. The van der Waals surface area contributed by atoms with Gasteiger partial charge in [-0.2, -0.15) is 11.8 Å². The maximum Gasteiger partial charge on any atom is 0.177 e. The van der Waals surface area contributed by atoms with Crippen LogP contribution in [0.1, 0.15) is 12.8 Å². The van der Waals surface area contributed by atoms with Crippen LogP contribution in [0.3, 0.4) is 0 Å². The van der Waals surface area contributed by atoms with E-state index in [0.717, 1.165) is 30.0 Å². The number of nitrogens with two attached hydrogens (primary N) is 1. The van der Waals surface area contributed by atoms with Crippen molar-refractivity contribution in [3.05, 3.63) is 18.2 Å². The van der Waals surface area contributed by atoms with Gasteiger partial charge in [0.05, 0.1) is 16.3 Å². The molecule has 2 rings (SSSR count). The van der Waals surface area contributed by atoms with Gasteiger partial charge in [0.25, 0.3) is 0 Å². The van der Waals surface area contributed by atoms with E-state index in [1.54, 1.807) is 12.1 Å². The Bertz CT molecular complexity index is 523. The predicted octanol–water partition coefficient (Wildman–Crippen LogP) is 1.98. The zero-order chi connectivity index (χ0) is 13.2. The molecule has 6 heteroatoms. The molecule has 0 bridgehead atoms. The van der Waals surface area contributed by atoms with E-state index >= 15 is 0 Å². The van der Waals surface area contributed by atoms with Gasteiger partial charge in [-0.05, 0) is 36.5 Å². The van der Waals surface area contributed by atoms with Crippen molar-refractivity contribution in [2.45, 2.75) is 23.8 Å². The first kappa shape index (κ1) is 13.5. The van der Waals surface area contributed by atoms with E-state index in [1.165, 1.54) is 6.26 Å². The van der Waals surface area contributed by atoms with Gasteiger partial charge in [0.1, 0.15) is 0 Å². The summed E-state index contributed by atoms with van der Waals surface area (Å²) in [5.74, 6) is 2.28. The van der Waals surface area contributed by atoms with Gasteiger partial charge in [-0.3, -0.25) is 0 Å². The minimum absolute atomic E-state index is 0.206. The lowest BCUT2D eigenvalue weighted by Crippen LogP contribution is -2.25. The van der Waals surface area contributed by atoms with Crippen LogP contribution in [0.25, 0.3) is 0 Å². The van der Waals surface area contributed by atoms with Gasteiger partial charge in [-0.25, -0.2) is 8.42 Å². The standard InChI is InChI=1S/C12H18N2O2S2/c1-18(15,16)11-4-2-3-10(12(11)13)14-9-5-7-17-8-6-9/h2-4,9,14H,5-8,13H2,1H3. The highest BCUT2D eigenvalue weighted by Crippen LogP contribution is 2.29. The van der Waals surface area contributed by atoms with Crippen molar-refractivity contribution < 1.29 is 8.42 Å². The van der Waals surface area contributed by atoms with Crippen LogP contribution in [0, 0.1) is 0 Å². The van der Waals surface area contributed by atoms with E-state index < -0.39 is 9.84 Å². The first-order chi connectivity index (χ1) is 8.48. The highest BCUT2D eigenvalue weighted by atomic mass is 32.2. The average molecular weight is 286 g/mol. The van der Waals surface area contributed by atoms with Crippen molar-refractivity contribution in [2.24, 2.45) is 0 Å². The van der Waals surface area contributed by atoms with Crippen molar-refractivity contribution >= 4 is 33.0 Å². The Kier molecular flexibility index (Phi) is 4.07. The van der Waals surface area contributed by atoms with Gasteiger partial charge in [0.15, 0.2) is 9.84 Å².